The molecule has 1 atom stereocenters. The third-order valence-corrected chi connectivity index (χ3v) is 4.14. The summed E-state index contributed by atoms with van der Waals surface area (Å²) in [4.78, 5) is 0. The fourth-order valence-corrected chi connectivity index (χ4v) is 3.12. The van der Waals surface area contributed by atoms with E-state index in [-0.39, 0.29) is 6.04 Å². The number of fused-ring (bicyclic) bond motifs is 3. The smallest absolute Gasteiger partial charge is 0.0491 e. The first kappa shape index (κ1) is 13.2. The molecule has 2 aromatic carbocycles. The fraction of sp³-hybridized carbons (Fsp3) is 0.333. The highest BCUT2D eigenvalue weighted by Gasteiger charge is 2.11. The summed E-state index contributed by atoms with van der Waals surface area (Å²) in [6.45, 7) is 5.37. The van der Waals surface area contributed by atoms with Gasteiger partial charge in [-0.2, -0.15) is 0 Å². The molecule has 0 fully saturated rings. The zero-order chi connectivity index (χ0) is 14.1. The standard InChI is InChI=1S/C18H22N2/c1-3-7-16(19)13-10-11-18-15(12-13)14-8-5-6-9-17(14)20(18)4-2/h5-6,8-12,16H,3-4,7,19H2,1-2H3/t16-/m0/s1. The molecular formula is C18H22N2. The van der Waals surface area contributed by atoms with E-state index in [9.17, 15) is 0 Å². The summed E-state index contributed by atoms with van der Waals surface area (Å²) in [6, 6.07) is 15.5. The van der Waals surface area contributed by atoms with E-state index < -0.39 is 0 Å². The first-order chi connectivity index (χ1) is 9.76. The Kier molecular flexibility index (Phi) is 3.49. The lowest BCUT2D eigenvalue weighted by Gasteiger charge is -2.11. The molecule has 0 radical (unpaired) electrons. The molecule has 0 saturated carbocycles. The monoisotopic (exact) mass is 266 g/mol. The predicted molar refractivity (Wildman–Crippen MR) is 87.0 cm³/mol. The summed E-state index contributed by atoms with van der Waals surface area (Å²) in [5.41, 5.74) is 10.1. The van der Waals surface area contributed by atoms with Crippen LogP contribution in [0.3, 0.4) is 0 Å². The van der Waals surface area contributed by atoms with Crippen LogP contribution in [-0.2, 0) is 6.54 Å². The summed E-state index contributed by atoms with van der Waals surface area (Å²) in [5, 5.41) is 2.65. The lowest BCUT2D eigenvalue weighted by atomic mass is 10.0. The molecule has 2 nitrogen and oxygen atoms in total. The third kappa shape index (κ3) is 2.01. The van der Waals surface area contributed by atoms with Crippen molar-refractivity contribution in [2.45, 2.75) is 39.3 Å². The van der Waals surface area contributed by atoms with E-state index in [4.69, 9.17) is 5.73 Å². The average Bonchev–Trinajstić information content (AvgIpc) is 2.80. The van der Waals surface area contributed by atoms with Gasteiger partial charge in [0.25, 0.3) is 0 Å². The molecule has 104 valence electrons. The normalized spacial score (nSPS) is 13.2. The number of benzene rings is 2. The van der Waals surface area contributed by atoms with Crippen LogP contribution < -0.4 is 5.73 Å². The van der Waals surface area contributed by atoms with Gasteiger partial charge in [-0.1, -0.05) is 37.6 Å². The second-order valence-electron chi connectivity index (χ2n) is 5.43. The molecule has 1 heterocycles. The first-order valence-electron chi connectivity index (χ1n) is 7.52. The number of nitrogens with zero attached hydrogens (tertiary/aromatic N) is 1. The molecule has 0 saturated heterocycles. The predicted octanol–water partition coefficient (Wildman–Crippen LogP) is 4.61. The lowest BCUT2D eigenvalue weighted by molar-refractivity contribution is 0.639. The number of aryl methyl sites for hydroxylation is 1. The Morgan fingerprint density at radius 3 is 2.50 bits per heavy atom. The van der Waals surface area contributed by atoms with E-state index in [1.54, 1.807) is 0 Å². The zero-order valence-electron chi connectivity index (χ0n) is 12.3. The Labute approximate surface area is 120 Å². The van der Waals surface area contributed by atoms with Gasteiger partial charge in [0.15, 0.2) is 0 Å². The minimum Gasteiger partial charge on any atom is -0.341 e. The van der Waals surface area contributed by atoms with E-state index in [1.807, 2.05) is 0 Å². The second kappa shape index (κ2) is 5.29. The van der Waals surface area contributed by atoms with Crippen LogP contribution in [-0.4, -0.2) is 4.57 Å². The quantitative estimate of drug-likeness (QED) is 0.734. The highest BCUT2D eigenvalue weighted by Crippen LogP contribution is 2.31. The van der Waals surface area contributed by atoms with Crippen molar-refractivity contribution in [3.05, 3.63) is 48.0 Å². The SMILES string of the molecule is CCC[C@H](N)c1ccc2c(c1)c1ccccc1n2CC. The van der Waals surface area contributed by atoms with Gasteiger partial charge in [0.1, 0.15) is 0 Å². The highest BCUT2D eigenvalue weighted by molar-refractivity contribution is 6.08. The molecule has 0 bridgehead atoms. The summed E-state index contributed by atoms with van der Waals surface area (Å²) in [7, 11) is 0. The average molecular weight is 266 g/mol. The van der Waals surface area contributed by atoms with Gasteiger partial charge in [0, 0.05) is 34.4 Å². The summed E-state index contributed by atoms with van der Waals surface area (Å²) >= 11 is 0. The van der Waals surface area contributed by atoms with Gasteiger partial charge in [0.2, 0.25) is 0 Å². The maximum absolute atomic E-state index is 6.27. The molecule has 0 amide bonds. The zero-order valence-corrected chi connectivity index (χ0v) is 12.3. The van der Waals surface area contributed by atoms with Gasteiger partial charge in [0.05, 0.1) is 0 Å². The number of nitrogens with two attached hydrogens (primary N) is 1. The van der Waals surface area contributed by atoms with Crippen molar-refractivity contribution in [3.8, 4) is 0 Å². The molecule has 2 N–H and O–H groups in total. The number of aromatic nitrogens is 1. The first-order valence-corrected chi connectivity index (χ1v) is 7.52. The Morgan fingerprint density at radius 2 is 1.75 bits per heavy atom. The number of hydrogen-bond acceptors (Lipinski definition) is 1. The summed E-state index contributed by atoms with van der Waals surface area (Å²) in [6.07, 6.45) is 2.16. The van der Waals surface area contributed by atoms with Crippen LogP contribution in [0.15, 0.2) is 42.5 Å². The van der Waals surface area contributed by atoms with Crippen molar-refractivity contribution >= 4 is 21.8 Å². The van der Waals surface area contributed by atoms with Gasteiger partial charge in [-0.3, -0.25) is 0 Å². The van der Waals surface area contributed by atoms with Crippen molar-refractivity contribution in [2.24, 2.45) is 5.73 Å². The van der Waals surface area contributed by atoms with Gasteiger partial charge >= 0.3 is 0 Å². The molecule has 0 spiro atoms. The van der Waals surface area contributed by atoms with Crippen LogP contribution in [0.1, 0.15) is 38.3 Å². The molecule has 3 rings (SSSR count). The van der Waals surface area contributed by atoms with Crippen LogP contribution in [0, 0.1) is 0 Å². The molecule has 3 aromatic rings. The molecule has 2 heteroatoms. The largest absolute Gasteiger partial charge is 0.341 e. The van der Waals surface area contributed by atoms with Crippen LogP contribution in [0.2, 0.25) is 0 Å². The van der Waals surface area contributed by atoms with Crippen molar-refractivity contribution < 1.29 is 0 Å². The number of rotatable bonds is 4. The van der Waals surface area contributed by atoms with Gasteiger partial charge in [-0.05, 0) is 37.1 Å². The highest BCUT2D eigenvalue weighted by atomic mass is 15.0. The topological polar surface area (TPSA) is 30.9 Å². The van der Waals surface area contributed by atoms with E-state index in [1.165, 1.54) is 27.4 Å². The van der Waals surface area contributed by atoms with Crippen LogP contribution in [0.5, 0.6) is 0 Å². The Morgan fingerprint density at radius 1 is 1.00 bits per heavy atom. The second-order valence-corrected chi connectivity index (χ2v) is 5.43. The Balaban J connectivity index is 2.26. The third-order valence-electron chi connectivity index (χ3n) is 4.14. The van der Waals surface area contributed by atoms with Crippen molar-refractivity contribution in [3.63, 3.8) is 0 Å². The lowest BCUT2D eigenvalue weighted by Crippen LogP contribution is -2.09. The molecule has 0 aliphatic carbocycles. The molecule has 20 heavy (non-hydrogen) atoms. The Hall–Kier alpha value is -1.80. The summed E-state index contributed by atoms with van der Waals surface area (Å²) in [5.74, 6) is 0. The number of hydrogen-bond donors (Lipinski definition) is 1. The molecular weight excluding hydrogens is 244 g/mol. The molecule has 0 aliphatic heterocycles. The summed E-state index contributed by atoms with van der Waals surface area (Å²) < 4.78 is 2.37. The fourth-order valence-electron chi connectivity index (χ4n) is 3.12. The van der Waals surface area contributed by atoms with E-state index in [0.717, 1.165) is 19.4 Å². The van der Waals surface area contributed by atoms with E-state index >= 15 is 0 Å². The van der Waals surface area contributed by atoms with Crippen LogP contribution in [0.4, 0.5) is 0 Å². The molecule has 1 aromatic heterocycles. The Bertz CT molecular complexity index is 740. The maximum Gasteiger partial charge on any atom is 0.0491 e. The van der Waals surface area contributed by atoms with Crippen LogP contribution >= 0.6 is 0 Å². The van der Waals surface area contributed by atoms with Gasteiger partial charge in [-0.25, -0.2) is 0 Å². The van der Waals surface area contributed by atoms with Gasteiger partial charge in [-0.15, -0.1) is 0 Å². The number of para-hydroxylation sites is 1. The van der Waals surface area contributed by atoms with Gasteiger partial charge < -0.3 is 10.3 Å². The molecule has 0 unspecified atom stereocenters. The minimum absolute atomic E-state index is 0.146. The van der Waals surface area contributed by atoms with Crippen LogP contribution in [0.25, 0.3) is 21.8 Å². The van der Waals surface area contributed by atoms with E-state index in [0.29, 0.717) is 0 Å². The maximum atomic E-state index is 6.27. The minimum atomic E-state index is 0.146. The van der Waals surface area contributed by atoms with Crippen molar-refractivity contribution in [2.75, 3.05) is 0 Å². The van der Waals surface area contributed by atoms with Crippen molar-refractivity contribution in [1.82, 2.24) is 4.57 Å². The van der Waals surface area contributed by atoms with Crippen molar-refractivity contribution in [1.29, 1.82) is 0 Å². The van der Waals surface area contributed by atoms with E-state index in [2.05, 4.69) is 60.9 Å². The molecule has 0 aliphatic rings.